The van der Waals surface area contributed by atoms with Gasteiger partial charge < -0.3 is 15.2 Å². The molecule has 0 aliphatic heterocycles. The smallest absolute Gasteiger partial charge is 0.410 e. The molecule has 170 valence electrons. The number of carbonyl (C=O) groups excluding carboxylic acids is 2. The van der Waals surface area contributed by atoms with E-state index in [0.717, 1.165) is 22.3 Å². The Morgan fingerprint density at radius 1 is 1.00 bits per heavy atom. The molecule has 1 aliphatic carbocycles. The fraction of sp³-hybridized carbons (Fsp3) is 0.400. The first-order valence-corrected chi connectivity index (χ1v) is 10.8. The Morgan fingerprint density at radius 3 is 2.03 bits per heavy atom. The number of carboxylic acid groups (broad SMARTS) is 1. The van der Waals surface area contributed by atoms with Crippen molar-refractivity contribution in [2.75, 3.05) is 13.7 Å². The largest absolute Gasteiger partial charge is 0.480 e. The molecule has 2 aromatic carbocycles. The van der Waals surface area contributed by atoms with Crippen molar-refractivity contribution in [1.29, 1.82) is 0 Å². The van der Waals surface area contributed by atoms with Gasteiger partial charge in [0.1, 0.15) is 18.7 Å². The van der Waals surface area contributed by atoms with Crippen LogP contribution in [0.5, 0.6) is 0 Å². The minimum atomic E-state index is -1.09. The summed E-state index contributed by atoms with van der Waals surface area (Å²) in [5, 5.41) is 11.9. The molecule has 0 saturated heterocycles. The Labute approximate surface area is 188 Å². The molecule has 3 rings (SSSR count). The first-order valence-electron chi connectivity index (χ1n) is 10.8. The van der Waals surface area contributed by atoms with Crippen LogP contribution in [0, 0.1) is 5.92 Å². The van der Waals surface area contributed by atoms with Crippen molar-refractivity contribution < 1.29 is 24.2 Å². The summed E-state index contributed by atoms with van der Waals surface area (Å²) in [5.74, 6) is -1.60. The van der Waals surface area contributed by atoms with Gasteiger partial charge >= 0.3 is 12.1 Å². The second kappa shape index (κ2) is 9.85. The van der Waals surface area contributed by atoms with Gasteiger partial charge in [-0.2, -0.15) is 0 Å². The quantitative estimate of drug-likeness (QED) is 0.652. The standard InChI is InChI=1S/C25H30N2O5/c1-15(2)13-22(24(29)30)26-23(28)16(3)27(4)25(31)32-14-21-19-11-7-5-9-17(19)18-10-6-8-12-20(18)21/h5-12,15-16,21-22H,13-14H2,1-4H3,(H,26,28)(H,29,30)/t16-,22-/m0/s1. The maximum atomic E-state index is 12.7. The number of hydrogen-bond acceptors (Lipinski definition) is 4. The molecule has 32 heavy (non-hydrogen) atoms. The third-order valence-corrected chi connectivity index (χ3v) is 5.91. The van der Waals surface area contributed by atoms with Crippen molar-refractivity contribution in [1.82, 2.24) is 10.2 Å². The summed E-state index contributed by atoms with van der Waals surface area (Å²) in [6.45, 7) is 5.46. The normalized spacial score (nSPS) is 14.3. The van der Waals surface area contributed by atoms with Crippen LogP contribution < -0.4 is 5.32 Å². The zero-order valence-electron chi connectivity index (χ0n) is 18.9. The lowest BCUT2D eigenvalue weighted by Crippen LogP contribution is -2.51. The van der Waals surface area contributed by atoms with Gasteiger partial charge in [0.2, 0.25) is 5.91 Å². The van der Waals surface area contributed by atoms with Gasteiger partial charge in [-0.25, -0.2) is 9.59 Å². The maximum Gasteiger partial charge on any atom is 0.410 e. The molecule has 0 fully saturated rings. The van der Waals surface area contributed by atoms with Crippen LogP contribution in [-0.2, 0) is 14.3 Å². The van der Waals surface area contributed by atoms with Crippen LogP contribution in [0.25, 0.3) is 11.1 Å². The summed E-state index contributed by atoms with van der Waals surface area (Å²) in [6, 6.07) is 14.2. The van der Waals surface area contributed by atoms with Gasteiger partial charge in [0.25, 0.3) is 0 Å². The minimum Gasteiger partial charge on any atom is -0.480 e. The van der Waals surface area contributed by atoms with Crippen molar-refractivity contribution in [2.45, 2.75) is 45.2 Å². The van der Waals surface area contributed by atoms with E-state index in [-0.39, 0.29) is 18.4 Å². The molecule has 7 nitrogen and oxygen atoms in total. The van der Waals surface area contributed by atoms with Crippen molar-refractivity contribution >= 4 is 18.0 Å². The lowest BCUT2D eigenvalue weighted by atomic mass is 9.98. The highest BCUT2D eigenvalue weighted by Crippen LogP contribution is 2.44. The molecular formula is C25H30N2O5. The van der Waals surface area contributed by atoms with Crippen molar-refractivity contribution in [3.05, 3.63) is 59.7 Å². The van der Waals surface area contributed by atoms with E-state index in [1.54, 1.807) is 6.92 Å². The van der Waals surface area contributed by atoms with Gasteiger partial charge in [-0.15, -0.1) is 0 Å². The third-order valence-electron chi connectivity index (χ3n) is 5.91. The lowest BCUT2D eigenvalue weighted by molar-refractivity contribution is -0.142. The van der Waals surface area contributed by atoms with E-state index >= 15 is 0 Å². The first-order chi connectivity index (χ1) is 15.2. The zero-order valence-corrected chi connectivity index (χ0v) is 18.9. The summed E-state index contributed by atoms with van der Waals surface area (Å²) in [5.41, 5.74) is 4.48. The molecule has 0 spiro atoms. The number of amides is 2. The van der Waals surface area contributed by atoms with Gasteiger partial charge in [-0.3, -0.25) is 9.69 Å². The Morgan fingerprint density at radius 2 is 1.53 bits per heavy atom. The predicted molar refractivity (Wildman–Crippen MR) is 121 cm³/mol. The van der Waals surface area contributed by atoms with Crippen LogP contribution in [0.4, 0.5) is 4.79 Å². The molecule has 0 radical (unpaired) electrons. The fourth-order valence-electron chi connectivity index (χ4n) is 4.02. The van der Waals surface area contributed by atoms with Crippen LogP contribution in [0.2, 0.25) is 0 Å². The number of rotatable bonds is 8. The van der Waals surface area contributed by atoms with E-state index in [1.807, 2.05) is 50.2 Å². The predicted octanol–water partition coefficient (Wildman–Crippen LogP) is 3.87. The van der Waals surface area contributed by atoms with Crippen LogP contribution in [0.15, 0.2) is 48.5 Å². The Balaban J connectivity index is 1.63. The second-order valence-corrected chi connectivity index (χ2v) is 8.62. The van der Waals surface area contributed by atoms with Gasteiger partial charge in [-0.1, -0.05) is 62.4 Å². The number of nitrogens with zero attached hydrogens (tertiary/aromatic N) is 1. The molecule has 2 aromatic rings. The number of ether oxygens (including phenoxy) is 1. The van der Waals surface area contributed by atoms with Gasteiger partial charge in [-0.05, 0) is 41.5 Å². The zero-order chi connectivity index (χ0) is 23.4. The highest BCUT2D eigenvalue weighted by molar-refractivity contribution is 5.89. The van der Waals surface area contributed by atoms with E-state index in [1.165, 1.54) is 11.9 Å². The van der Waals surface area contributed by atoms with Crippen molar-refractivity contribution in [3.63, 3.8) is 0 Å². The monoisotopic (exact) mass is 438 g/mol. The van der Waals surface area contributed by atoms with Crippen LogP contribution in [-0.4, -0.2) is 53.7 Å². The van der Waals surface area contributed by atoms with Crippen LogP contribution in [0.1, 0.15) is 44.2 Å². The number of carboxylic acids is 1. The number of fused-ring (bicyclic) bond motifs is 3. The topological polar surface area (TPSA) is 95.9 Å². The van der Waals surface area contributed by atoms with Crippen LogP contribution in [0.3, 0.4) is 0 Å². The Hall–Kier alpha value is -3.35. The highest BCUT2D eigenvalue weighted by Gasteiger charge is 2.31. The van der Waals surface area contributed by atoms with Gasteiger partial charge in [0, 0.05) is 13.0 Å². The number of likely N-dealkylation sites (N-methyl/N-ethyl adjacent to an activating group) is 1. The van der Waals surface area contributed by atoms with Crippen molar-refractivity contribution in [3.8, 4) is 11.1 Å². The SMILES string of the molecule is CC(C)C[C@H](NC(=O)[C@H](C)N(C)C(=O)OCC1c2ccccc2-c2ccccc21)C(=O)O. The number of hydrogen-bond donors (Lipinski definition) is 2. The summed E-state index contributed by atoms with van der Waals surface area (Å²) in [6.07, 6.45) is -0.326. The molecule has 7 heteroatoms. The summed E-state index contributed by atoms with van der Waals surface area (Å²) in [7, 11) is 1.47. The average Bonchev–Trinajstić information content (AvgIpc) is 3.09. The van der Waals surface area contributed by atoms with Gasteiger partial charge in [0.15, 0.2) is 0 Å². The molecule has 0 aromatic heterocycles. The number of benzene rings is 2. The number of carbonyl (C=O) groups is 3. The molecule has 0 unspecified atom stereocenters. The van der Waals surface area contributed by atoms with Crippen LogP contribution >= 0.6 is 0 Å². The maximum absolute atomic E-state index is 12.7. The molecule has 1 aliphatic rings. The van der Waals surface area contributed by atoms with E-state index in [0.29, 0.717) is 6.42 Å². The summed E-state index contributed by atoms with van der Waals surface area (Å²) in [4.78, 5) is 37.8. The molecule has 0 heterocycles. The molecular weight excluding hydrogens is 408 g/mol. The first kappa shape index (κ1) is 23.3. The van der Waals surface area contributed by atoms with E-state index in [2.05, 4.69) is 17.4 Å². The average molecular weight is 439 g/mol. The molecule has 2 amide bonds. The molecule has 0 saturated carbocycles. The Kier molecular flexibility index (Phi) is 7.18. The van der Waals surface area contributed by atoms with E-state index < -0.39 is 30.1 Å². The summed E-state index contributed by atoms with van der Waals surface area (Å²) < 4.78 is 5.58. The summed E-state index contributed by atoms with van der Waals surface area (Å²) >= 11 is 0. The number of nitrogens with one attached hydrogen (secondary N) is 1. The van der Waals surface area contributed by atoms with E-state index in [9.17, 15) is 19.5 Å². The number of aliphatic carboxylic acids is 1. The minimum absolute atomic E-state index is 0.0775. The highest BCUT2D eigenvalue weighted by atomic mass is 16.6. The lowest BCUT2D eigenvalue weighted by Gasteiger charge is -2.26. The molecule has 0 bridgehead atoms. The van der Waals surface area contributed by atoms with Crippen molar-refractivity contribution in [2.24, 2.45) is 5.92 Å². The Bertz CT molecular complexity index is 958. The van der Waals surface area contributed by atoms with Gasteiger partial charge in [0.05, 0.1) is 0 Å². The molecule has 2 N–H and O–H groups in total. The molecule has 2 atom stereocenters. The third kappa shape index (κ3) is 4.93. The fourth-order valence-corrected chi connectivity index (χ4v) is 4.02. The second-order valence-electron chi connectivity index (χ2n) is 8.62. The van der Waals surface area contributed by atoms with E-state index in [4.69, 9.17) is 4.74 Å².